The molecule has 1 N–H and O–H groups in total. The smallest absolute Gasteiger partial charge is 0.0413 e. The average molecular weight is 340 g/mol. The number of halogens is 1. The minimum atomic E-state index is 0.277. The van der Waals surface area contributed by atoms with Gasteiger partial charge in [0.15, 0.2) is 0 Å². The molecule has 1 saturated heterocycles. The van der Waals surface area contributed by atoms with Crippen LogP contribution >= 0.6 is 15.9 Å². The summed E-state index contributed by atoms with van der Waals surface area (Å²) >= 11 is 3.57. The van der Waals surface area contributed by atoms with Gasteiger partial charge in [0.2, 0.25) is 0 Å². The minimum Gasteiger partial charge on any atom is -0.369 e. The zero-order valence-corrected chi connectivity index (χ0v) is 14.6. The molecule has 1 aromatic rings. The van der Waals surface area contributed by atoms with Crippen LogP contribution in [0.2, 0.25) is 0 Å². The van der Waals surface area contributed by atoms with Gasteiger partial charge in [0.05, 0.1) is 0 Å². The van der Waals surface area contributed by atoms with Crippen LogP contribution in [0.1, 0.15) is 26.3 Å². The molecule has 0 unspecified atom stereocenters. The SMILES string of the molecule is CNCc1cc(Br)ccc1N1CCN(C(C)(C)C)CC1. The van der Waals surface area contributed by atoms with Crippen molar-refractivity contribution in [3.63, 3.8) is 0 Å². The van der Waals surface area contributed by atoms with E-state index >= 15 is 0 Å². The van der Waals surface area contributed by atoms with Gasteiger partial charge >= 0.3 is 0 Å². The van der Waals surface area contributed by atoms with Gasteiger partial charge in [-0.3, -0.25) is 4.90 Å². The van der Waals surface area contributed by atoms with E-state index in [0.29, 0.717) is 0 Å². The van der Waals surface area contributed by atoms with Gasteiger partial charge in [-0.25, -0.2) is 0 Å². The topological polar surface area (TPSA) is 18.5 Å². The molecule has 1 fully saturated rings. The molecule has 0 spiro atoms. The number of benzene rings is 1. The molecule has 1 heterocycles. The Kier molecular flexibility index (Phi) is 5.10. The third kappa shape index (κ3) is 3.74. The molecule has 4 heteroatoms. The van der Waals surface area contributed by atoms with Crippen LogP contribution in [-0.4, -0.2) is 43.7 Å². The molecule has 112 valence electrons. The minimum absolute atomic E-state index is 0.277. The predicted octanol–water partition coefficient (Wildman–Crippen LogP) is 3.09. The molecule has 0 aromatic heterocycles. The van der Waals surface area contributed by atoms with E-state index in [1.165, 1.54) is 11.3 Å². The lowest BCUT2D eigenvalue weighted by molar-refractivity contribution is 0.128. The van der Waals surface area contributed by atoms with Gasteiger partial charge in [0.25, 0.3) is 0 Å². The Morgan fingerprint density at radius 1 is 1.15 bits per heavy atom. The molecule has 20 heavy (non-hydrogen) atoms. The molecule has 0 radical (unpaired) electrons. The van der Waals surface area contributed by atoms with Crippen molar-refractivity contribution >= 4 is 21.6 Å². The molecule has 0 bridgehead atoms. The Balaban J connectivity index is 2.10. The number of rotatable bonds is 3. The highest BCUT2D eigenvalue weighted by atomic mass is 79.9. The van der Waals surface area contributed by atoms with E-state index in [0.717, 1.165) is 37.2 Å². The first kappa shape index (κ1) is 15.8. The van der Waals surface area contributed by atoms with Crippen molar-refractivity contribution in [3.05, 3.63) is 28.2 Å². The summed E-state index contributed by atoms with van der Waals surface area (Å²) in [6.45, 7) is 12.3. The van der Waals surface area contributed by atoms with Crippen LogP contribution in [0.5, 0.6) is 0 Å². The number of nitrogens with zero attached hydrogens (tertiary/aromatic N) is 2. The monoisotopic (exact) mass is 339 g/mol. The molecule has 0 atom stereocenters. The van der Waals surface area contributed by atoms with Crippen LogP contribution in [-0.2, 0) is 6.54 Å². The summed E-state index contributed by atoms with van der Waals surface area (Å²) in [5.41, 5.74) is 3.02. The molecule has 0 saturated carbocycles. The van der Waals surface area contributed by atoms with E-state index in [-0.39, 0.29) is 5.54 Å². The second-order valence-corrected chi connectivity index (χ2v) is 7.36. The Labute approximate surface area is 131 Å². The van der Waals surface area contributed by atoms with Crippen LogP contribution in [0.3, 0.4) is 0 Å². The fourth-order valence-corrected chi connectivity index (χ4v) is 3.22. The standard InChI is InChI=1S/C16H26BrN3/c1-16(2,3)20-9-7-19(8-10-20)15-6-5-14(17)11-13(15)12-18-4/h5-6,11,18H,7-10,12H2,1-4H3. The Bertz CT molecular complexity index is 446. The lowest BCUT2D eigenvalue weighted by atomic mass is 10.0. The van der Waals surface area contributed by atoms with Gasteiger partial charge in [-0.1, -0.05) is 15.9 Å². The normalized spacial score (nSPS) is 17.6. The van der Waals surface area contributed by atoms with Crippen LogP contribution < -0.4 is 10.2 Å². The first-order valence-corrected chi connectivity index (χ1v) is 8.14. The van der Waals surface area contributed by atoms with E-state index in [2.05, 4.69) is 70.0 Å². The second kappa shape index (κ2) is 6.46. The van der Waals surface area contributed by atoms with Gasteiger partial charge in [-0.15, -0.1) is 0 Å². The van der Waals surface area contributed by atoms with Gasteiger partial charge in [0, 0.05) is 48.4 Å². The van der Waals surface area contributed by atoms with Crippen molar-refractivity contribution in [2.75, 3.05) is 38.1 Å². The largest absolute Gasteiger partial charge is 0.369 e. The number of anilines is 1. The summed E-state index contributed by atoms with van der Waals surface area (Å²) in [5.74, 6) is 0. The van der Waals surface area contributed by atoms with Crippen LogP contribution in [0.25, 0.3) is 0 Å². The Morgan fingerprint density at radius 3 is 2.35 bits per heavy atom. The maximum atomic E-state index is 3.57. The quantitative estimate of drug-likeness (QED) is 0.912. The molecule has 3 nitrogen and oxygen atoms in total. The number of hydrogen-bond acceptors (Lipinski definition) is 3. The number of piperazine rings is 1. The molecule has 2 rings (SSSR count). The lowest BCUT2D eigenvalue weighted by Gasteiger charge is -2.43. The van der Waals surface area contributed by atoms with Crippen molar-refractivity contribution < 1.29 is 0 Å². The highest BCUT2D eigenvalue weighted by molar-refractivity contribution is 9.10. The van der Waals surface area contributed by atoms with Gasteiger partial charge in [-0.05, 0) is 51.6 Å². The zero-order valence-electron chi connectivity index (χ0n) is 13.0. The van der Waals surface area contributed by atoms with Crippen molar-refractivity contribution in [2.45, 2.75) is 32.9 Å². The van der Waals surface area contributed by atoms with E-state index in [4.69, 9.17) is 0 Å². The van der Waals surface area contributed by atoms with Crippen LogP contribution in [0, 0.1) is 0 Å². The van der Waals surface area contributed by atoms with E-state index in [1.807, 2.05) is 7.05 Å². The zero-order chi connectivity index (χ0) is 14.8. The molecule has 1 aromatic carbocycles. The summed E-state index contributed by atoms with van der Waals surface area (Å²) < 4.78 is 1.15. The first-order chi connectivity index (χ1) is 9.41. The summed E-state index contributed by atoms with van der Waals surface area (Å²) in [6, 6.07) is 6.61. The lowest BCUT2D eigenvalue weighted by Crippen LogP contribution is -2.53. The summed E-state index contributed by atoms with van der Waals surface area (Å²) in [5, 5.41) is 3.27. The fourth-order valence-electron chi connectivity index (χ4n) is 2.81. The average Bonchev–Trinajstić information content (AvgIpc) is 2.38. The van der Waals surface area contributed by atoms with Crippen LogP contribution in [0.15, 0.2) is 22.7 Å². The van der Waals surface area contributed by atoms with Crippen molar-refractivity contribution in [3.8, 4) is 0 Å². The highest BCUT2D eigenvalue weighted by Gasteiger charge is 2.26. The third-order valence-electron chi connectivity index (χ3n) is 3.98. The molecule has 0 aliphatic carbocycles. The first-order valence-electron chi connectivity index (χ1n) is 7.35. The van der Waals surface area contributed by atoms with Crippen molar-refractivity contribution in [1.82, 2.24) is 10.2 Å². The van der Waals surface area contributed by atoms with Gasteiger partial charge in [0.1, 0.15) is 0 Å². The molecule has 1 aliphatic heterocycles. The fraction of sp³-hybridized carbons (Fsp3) is 0.625. The molecular weight excluding hydrogens is 314 g/mol. The van der Waals surface area contributed by atoms with E-state index in [1.54, 1.807) is 0 Å². The molecule has 0 amide bonds. The summed E-state index contributed by atoms with van der Waals surface area (Å²) in [4.78, 5) is 5.08. The van der Waals surface area contributed by atoms with Crippen molar-refractivity contribution in [2.24, 2.45) is 0 Å². The van der Waals surface area contributed by atoms with Crippen molar-refractivity contribution in [1.29, 1.82) is 0 Å². The second-order valence-electron chi connectivity index (χ2n) is 6.45. The Hall–Kier alpha value is -0.580. The van der Waals surface area contributed by atoms with Gasteiger partial charge < -0.3 is 10.2 Å². The summed E-state index contributed by atoms with van der Waals surface area (Å²) in [7, 11) is 2.00. The maximum absolute atomic E-state index is 3.57. The number of hydrogen-bond donors (Lipinski definition) is 1. The highest BCUT2D eigenvalue weighted by Crippen LogP contribution is 2.27. The number of nitrogens with one attached hydrogen (secondary N) is 1. The van der Waals surface area contributed by atoms with E-state index < -0.39 is 0 Å². The third-order valence-corrected chi connectivity index (χ3v) is 4.47. The maximum Gasteiger partial charge on any atom is 0.0413 e. The Morgan fingerprint density at radius 2 is 1.80 bits per heavy atom. The summed E-state index contributed by atoms with van der Waals surface area (Å²) in [6.07, 6.45) is 0. The molecule has 1 aliphatic rings. The predicted molar refractivity (Wildman–Crippen MR) is 90.4 cm³/mol. The van der Waals surface area contributed by atoms with E-state index in [9.17, 15) is 0 Å². The van der Waals surface area contributed by atoms with Crippen LogP contribution in [0.4, 0.5) is 5.69 Å². The van der Waals surface area contributed by atoms with Gasteiger partial charge in [-0.2, -0.15) is 0 Å². The molecular formula is C16H26BrN3.